The molecule has 0 aliphatic heterocycles. The highest BCUT2D eigenvalue weighted by molar-refractivity contribution is 6.30. The van der Waals surface area contributed by atoms with Gasteiger partial charge in [-0.3, -0.25) is 20.2 Å². The first kappa shape index (κ1) is 29.2. The molecular formula is C26H28ClN3O7. The molecule has 0 aliphatic carbocycles. The second-order valence-corrected chi connectivity index (χ2v) is 8.40. The van der Waals surface area contributed by atoms with Crippen LogP contribution >= 0.6 is 11.6 Å². The molecule has 3 aromatic rings. The third kappa shape index (κ3) is 8.55. The van der Waals surface area contributed by atoms with Gasteiger partial charge in [-0.15, -0.1) is 0 Å². The Hall–Kier alpha value is -4.02. The molecule has 0 saturated heterocycles. The molecule has 0 saturated carbocycles. The van der Waals surface area contributed by atoms with Crippen LogP contribution in [-0.2, 0) is 6.42 Å². The number of ether oxygens (including phenoxy) is 1. The SMILES string of the molecule is CCOc1ccccc1C(CC[NH2+]C)Cc1ccc(Cl)cc1.O=C([O-])c1cccc([N+](=O)[O-])c1[N+](=O)[O-]. The van der Waals surface area contributed by atoms with Gasteiger partial charge in [0.1, 0.15) is 5.75 Å². The van der Waals surface area contributed by atoms with E-state index in [4.69, 9.17) is 16.3 Å². The summed E-state index contributed by atoms with van der Waals surface area (Å²) in [6.07, 6.45) is 2.14. The van der Waals surface area contributed by atoms with Crippen molar-refractivity contribution in [2.45, 2.75) is 25.7 Å². The zero-order valence-electron chi connectivity index (χ0n) is 20.5. The van der Waals surface area contributed by atoms with Gasteiger partial charge >= 0.3 is 11.4 Å². The first-order valence-electron chi connectivity index (χ1n) is 11.6. The summed E-state index contributed by atoms with van der Waals surface area (Å²) in [6.45, 7) is 3.84. The minimum absolute atomic E-state index is 0.458. The van der Waals surface area contributed by atoms with Gasteiger partial charge < -0.3 is 20.0 Å². The maximum atomic E-state index is 10.5. The van der Waals surface area contributed by atoms with E-state index in [0.717, 1.165) is 48.4 Å². The highest BCUT2D eigenvalue weighted by Gasteiger charge is 2.28. The lowest BCUT2D eigenvalue weighted by Gasteiger charge is -2.20. The van der Waals surface area contributed by atoms with Crippen molar-refractivity contribution in [3.8, 4) is 5.75 Å². The van der Waals surface area contributed by atoms with Gasteiger partial charge in [0.25, 0.3) is 0 Å². The van der Waals surface area contributed by atoms with E-state index in [2.05, 4.69) is 42.7 Å². The molecule has 0 aliphatic rings. The summed E-state index contributed by atoms with van der Waals surface area (Å²) >= 11 is 5.99. The summed E-state index contributed by atoms with van der Waals surface area (Å²) in [5.74, 6) is -0.356. The van der Waals surface area contributed by atoms with Crippen LogP contribution in [0.25, 0.3) is 0 Å². The number of carbonyl (C=O) groups is 1. The summed E-state index contributed by atoms with van der Waals surface area (Å²) in [6, 6.07) is 19.3. The largest absolute Gasteiger partial charge is 0.545 e. The standard InChI is InChI=1S/C19H24ClNO.C7H4N2O6/c1-3-22-19-7-5-4-6-18(19)16(12-13-21-2)14-15-8-10-17(20)11-9-15;10-7(11)4-2-1-3-5(8(12)13)6(4)9(14)15/h4-11,16,21H,3,12-14H2,1-2H3;1-3H,(H,10,11). The van der Waals surface area contributed by atoms with E-state index in [-0.39, 0.29) is 0 Å². The number of nitrogens with two attached hydrogens (primary N) is 1. The van der Waals surface area contributed by atoms with Crippen molar-refractivity contribution >= 4 is 28.9 Å². The van der Waals surface area contributed by atoms with Crippen LogP contribution in [-0.4, -0.2) is 36.0 Å². The zero-order valence-corrected chi connectivity index (χ0v) is 21.2. The highest BCUT2D eigenvalue weighted by atomic mass is 35.5. The molecule has 0 heterocycles. The fraction of sp³-hybridized carbons (Fsp3) is 0.269. The summed E-state index contributed by atoms with van der Waals surface area (Å²) in [5.41, 5.74) is -0.128. The Kier molecular flexibility index (Phi) is 11.5. The molecule has 196 valence electrons. The number of carboxylic acids is 1. The molecule has 2 N–H and O–H groups in total. The van der Waals surface area contributed by atoms with E-state index in [1.165, 1.54) is 11.1 Å². The number of aromatic carboxylic acids is 1. The summed E-state index contributed by atoms with van der Waals surface area (Å²) < 4.78 is 5.82. The van der Waals surface area contributed by atoms with E-state index in [1.54, 1.807) is 0 Å². The lowest BCUT2D eigenvalue weighted by molar-refractivity contribution is -0.627. The number of hydrogen-bond donors (Lipinski definition) is 1. The lowest BCUT2D eigenvalue weighted by atomic mass is 9.88. The first-order chi connectivity index (χ1) is 17.7. The maximum absolute atomic E-state index is 10.5. The van der Waals surface area contributed by atoms with E-state index in [9.17, 15) is 30.1 Å². The van der Waals surface area contributed by atoms with Crippen LogP contribution in [0.3, 0.4) is 0 Å². The smallest absolute Gasteiger partial charge is 0.354 e. The van der Waals surface area contributed by atoms with Gasteiger partial charge in [-0.2, -0.15) is 0 Å². The number of hydrogen-bond acceptors (Lipinski definition) is 7. The molecule has 0 bridgehead atoms. The Morgan fingerprint density at radius 2 is 1.68 bits per heavy atom. The fourth-order valence-corrected chi connectivity index (χ4v) is 3.91. The summed E-state index contributed by atoms with van der Waals surface area (Å²) in [5, 5.41) is 34.3. The second-order valence-electron chi connectivity index (χ2n) is 7.96. The van der Waals surface area contributed by atoms with Crippen LogP contribution in [0.15, 0.2) is 66.7 Å². The molecule has 0 fully saturated rings. The quantitative estimate of drug-likeness (QED) is 0.294. The van der Waals surface area contributed by atoms with Crippen molar-refractivity contribution in [2.24, 2.45) is 0 Å². The number of halogens is 1. The molecule has 1 unspecified atom stereocenters. The van der Waals surface area contributed by atoms with Crippen LogP contribution in [0.4, 0.5) is 11.4 Å². The Bertz CT molecular complexity index is 1190. The van der Waals surface area contributed by atoms with Gasteiger partial charge in [0.15, 0.2) is 0 Å². The molecule has 37 heavy (non-hydrogen) atoms. The Morgan fingerprint density at radius 3 is 2.24 bits per heavy atom. The van der Waals surface area contributed by atoms with E-state index >= 15 is 0 Å². The van der Waals surface area contributed by atoms with Crippen molar-refractivity contribution in [1.82, 2.24) is 0 Å². The van der Waals surface area contributed by atoms with Crippen LogP contribution < -0.4 is 15.2 Å². The average molecular weight is 530 g/mol. The Labute approximate surface area is 219 Å². The molecule has 0 amide bonds. The van der Waals surface area contributed by atoms with Crippen molar-refractivity contribution in [3.63, 3.8) is 0 Å². The molecule has 3 rings (SSSR count). The molecule has 3 aromatic carbocycles. The number of benzene rings is 3. The molecular weight excluding hydrogens is 502 g/mol. The van der Waals surface area contributed by atoms with Gasteiger partial charge in [0.2, 0.25) is 0 Å². The predicted octanol–water partition coefficient (Wildman–Crippen LogP) is 3.51. The molecule has 1 atom stereocenters. The van der Waals surface area contributed by atoms with Crippen molar-refractivity contribution in [2.75, 3.05) is 20.2 Å². The normalized spacial score (nSPS) is 11.1. The van der Waals surface area contributed by atoms with Gasteiger partial charge in [0, 0.05) is 17.5 Å². The first-order valence-corrected chi connectivity index (χ1v) is 11.9. The number of para-hydroxylation sites is 2. The number of quaternary nitrogens is 1. The second kappa shape index (κ2) is 14.5. The topological polar surface area (TPSA) is 152 Å². The molecule has 0 radical (unpaired) electrons. The maximum Gasteiger partial charge on any atom is 0.354 e. The van der Waals surface area contributed by atoms with E-state index < -0.39 is 32.8 Å². The van der Waals surface area contributed by atoms with E-state index in [0.29, 0.717) is 12.5 Å². The van der Waals surface area contributed by atoms with Crippen molar-refractivity contribution < 1.29 is 29.8 Å². The fourth-order valence-electron chi connectivity index (χ4n) is 3.78. The summed E-state index contributed by atoms with van der Waals surface area (Å²) in [4.78, 5) is 29.2. The highest BCUT2D eigenvalue weighted by Crippen LogP contribution is 2.32. The predicted molar refractivity (Wildman–Crippen MR) is 137 cm³/mol. The minimum atomic E-state index is -1.83. The molecule has 10 nitrogen and oxygen atoms in total. The van der Waals surface area contributed by atoms with Crippen molar-refractivity contribution in [1.29, 1.82) is 0 Å². The number of rotatable bonds is 11. The van der Waals surface area contributed by atoms with Crippen LogP contribution in [0, 0.1) is 20.2 Å². The van der Waals surface area contributed by atoms with Gasteiger partial charge in [-0.1, -0.05) is 48.0 Å². The number of carboxylic acid groups (broad SMARTS) is 1. The van der Waals surface area contributed by atoms with Crippen molar-refractivity contribution in [3.05, 3.63) is 109 Å². The van der Waals surface area contributed by atoms with Crippen LogP contribution in [0.5, 0.6) is 5.75 Å². The third-order valence-corrected chi connectivity index (χ3v) is 5.72. The Balaban J connectivity index is 0.000000281. The average Bonchev–Trinajstić information content (AvgIpc) is 2.88. The third-order valence-electron chi connectivity index (χ3n) is 5.47. The molecule has 0 aromatic heterocycles. The summed E-state index contributed by atoms with van der Waals surface area (Å²) in [7, 11) is 2.12. The minimum Gasteiger partial charge on any atom is -0.545 e. The lowest BCUT2D eigenvalue weighted by Crippen LogP contribution is -2.79. The number of nitrogens with zero attached hydrogens (tertiary/aromatic N) is 2. The number of nitro groups is 2. The Morgan fingerprint density at radius 1 is 1.00 bits per heavy atom. The van der Waals surface area contributed by atoms with Gasteiger partial charge in [-0.05, 0) is 54.7 Å². The van der Waals surface area contributed by atoms with Gasteiger partial charge in [0.05, 0.1) is 41.6 Å². The number of carbonyl (C=O) groups excluding carboxylic acids is 1. The molecule has 11 heteroatoms. The monoisotopic (exact) mass is 529 g/mol. The van der Waals surface area contributed by atoms with Crippen LogP contribution in [0.1, 0.15) is 40.7 Å². The molecule has 0 spiro atoms. The zero-order chi connectivity index (χ0) is 27.4. The van der Waals surface area contributed by atoms with Gasteiger partial charge in [-0.25, -0.2) is 0 Å². The number of nitro benzene ring substituents is 2. The van der Waals surface area contributed by atoms with Crippen LogP contribution in [0.2, 0.25) is 5.02 Å². The van der Waals surface area contributed by atoms with E-state index in [1.807, 2.05) is 25.1 Å².